The van der Waals surface area contributed by atoms with Crippen LogP contribution < -0.4 is 0 Å². The third-order valence-corrected chi connectivity index (χ3v) is 10.7. The zero-order valence-corrected chi connectivity index (χ0v) is 38.1. The molecule has 3 unspecified atom stereocenters. The van der Waals surface area contributed by atoms with E-state index in [1.165, 1.54) is 70.6 Å². The van der Waals surface area contributed by atoms with Gasteiger partial charge in [0.1, 0.15) is 12.2 Å². The molecule has 11 heteroatoms. The van der Waals surface area contributed by atoms with Crippen LogP contribution in [0.5, 0.6) is 0 Å². The molecule has 3 N–H and O–H groups in total. The molecule has 0 aromatic rings. The summed E-state index contributed by atoms with van der Waals surface area (Å²) >= 11 is 0. The van der Waals surface area contributed by atoms with Crippen LogP contribution in [0.3, 0.4) is 0 Å². The van der Waals surface area contributed by atoms with Gasteiger partial charge in [-0.25, -0.2) is 4.57 Å². The normalized spacial score (nSPS) is 14.3. The van der Waals surface area contributed by atoms with E-state index >= 15 is 0 Å². The van der Waals surface area contributed by atoms with E-state index in [2.05, 4.69) is 74.6 Å². The van der Waals surface area contributed by atoms with Crippen LogP contribution in [0.4, 0.5) is 0 Å². The fourth-order valence-corrected chi connectivity index (χ4v) is 6.94. The van der Waals surface area contributed by atoms with Gasteiger partial charge in [0.15, 0.2) is 0 Å². The standard InChI is InChI=1S/C48H85O10P/c1-3-5-7-9-11-13-15-17-19-20-21-22-23-24-26-28-30-32-34-36-38-40-48(52)58-46(42-50)44-56-59(53,54)55-43-45(41-49)57-47(51)39-37-35-33-31-29-27-25-18-16-14-12-10-8-6-4-2/h6,8,12,14-15,17-18,20-21,25,45-46,49-50H,3-5,7,9-11,13,16,19,22-24,26-44H2,1-2H3,(H,53,54)/b8-6-,14-12-,17-15-,21-20-,25-18-. The third-order valence-electron chi connectivity index (χ3n) is 9.71. The largest absolute Gasteiger partial charge is 0.472 e. The summed E-state index contributed by atoms with van der Waals surface area (Å²) < 4.78 is 32.6. The molecule has 0 spiro atoms. The Labute approximate surface area is 359 Å². The van der Waals surface area contributed by atoms with E-state index in [1.54, 1.807) is 0 Å². The summed E-state index contributed by atoms with van der Waals surface area (Å²) in [6.45, 7) is 2.06. The second kappa shape index (κ2) is 43.7. The number of carbonyl (C=O) groups is 2. The minimum Gasteiger partial charge on any atom is -0.457 e. The van der Waals surface area contributed by atoms with Crippen molar-refractivity contribution in [3.05, 3.63) is 60.8 Å². The number of allylic oxidation sites excluding steroid dienone is 10. The first-order valence-corrected chi connectivity index (χ1v) is 24.7. The number of rotatable bonds is 43. The highest BCUT2D eigenvalue weighted by Gasteiger charge is 2.27. The van der Waals surface area contributed by atoms with Gasteiger partial charge in [-0.05, 0) is 77.0 Å². The Hall–Kier alpha value is -2.33. The molecule has 3 atom stereocenters. The van der Waals surface area contributed by atoms with Crippen LogP contribution in [0.15, 0.2) is 60.8 Å². The maximum absolute atomic E-state index is 12.4. The number of carbonyl (C=O) groups excluding carboxylic acids is 2. The zero-order chi connectivity index (χ0) is 43.3. The van der Waals surface area contributed by atoms with Crippen LogP contribution >= 0.6 is 7.82 Å². The molecule has 342 valence electrons. The molecule has 0 rings (SSSR count). The highest BCUT2D eigenvalue weighted by atomic mass is 31.2. The molecule has 0 aliphatic carbocycles. The summed E-state index contributed by atoms with van der Waals surface area (Å²) in [7, 11) is -4.65. The summed E-state index contributed by atoms with van der Waals surface area (Å²) in [5.74, 6) is -1.04. The molecule has 0 aliphatic heterocycles. The Morgan fingerprint density at radius 3 is 1.15 bits per heavy atom. The van der Waals surface area contributed by atoms with Crippen LogP contribution in [0.25, 0.3) is 0 Å². The summed E-state index contributed by atoms with van der Waals surface area (Å²) in [5, 5.41) is 19.2. The first kappa shape index (κ1) is 56.7. The number of ether oxygens (including phenoxy) is 2. The number of phosphoric acid groups is 1. The Morgan fingerprint density at radius 1 is 0.475 bits per heavy atom. The van der Waals surface area contributed by atoms with Crippen molar-refractivity contribution in [2.75, 3.05) is 26.4 Å². The van der Waals surface area contributed by atoms with Gasteiger partial charge in [-0.2, -0.15) is 0 Å². The van der Waals surface area contributed by atoms with Gasteiger partial charge in [0.05, 0.1) is 26.4 Å². The number of aliphatic hydroxyl groups is 2. The Balaban J connectivity index is 3.91. The lowest BCUT2D eigenvalue weighted by Crippen LogP contribution is -2.28. The van der Waals surface area contributed by atoms with E-state index in [1.807, 2.05) is 0 Å². The predicted molar refractivity (Wildman–Crippen MR) is 242 cm³/mol. The van der Waals surface area contributed by atoms with E-state index in [-0.39, 0.29) is 12.8 Å². The van der Waals surface area contributed by atoms with E-state index in [0.29, 0.717) is 12.8 Å². The molecule has 0 fully saturated rings. The monoisotopic (exact) mass is 853 g/mol. The summed E-state index contributed by atoms with van der Waals surface area (Å²) in [5.41, 5.74) is 0. The Kier molecular flexibility index (Phi) is 42.0. The summed E-state index contributed by atoms with van der Waals surface area (Å²) in [6.07, 6.45) is 49.1. The van der Waals surface area contributed by atoms with Crippen molar-refractivity contribution < 1.29 is 47.8 Å². The molecular weight excluding hydrogens is 767 g/mol. The van der Waals surface area contributed by atoms with E-state index in [0.717, 1.165) is 83.5 Å². The molecule has 59 heavy (non-hydrogen) atoms. The number of aliphatic hydroxyl groups excluding tert-OH is 2. The second-order valence-electron chi connectivity index (χ2n) is 15.4. The first-order valence-electron chi connectivity index (χ1n) is 23.2. The first-order chi connectivity index (χ1) is 28.8. The maximum Gasteiger partial charge on any atom is 0.472 e. The molecule has 0 amide bonds. The highest BCUT2D eigenvalue weighted by Crippen LogP contribution is 2.43. The predicted octanol–water partition coefficient (Wildman–Crippen LogP) is 12.7. The average molecular weight is 853 g/mol. The van der Waals surface area contributed by atoms with Crippen LogP contribution in [-0.2, 0) is 32.7 Å². The molecule has 0 heterocycles. The summed E-state index contributed by atoms with van der Waals surface area (Å²) in [6, 6.07) is 0. The van der Waals surface area contributed by atoms with Gasteiger partial charge < -0.3 is 24.6 Å². The van der Waals surface area contributed by atoms with Crippen molar-refractivity contribution in [3.8, 4) is 0 Å². The highest BCUT2D eigenvalue weighted by molar-refractivity contribution is 7.47. The van der Waals surface area contributed by atoms with Crippen LogP contribution in [0.2, 0.25) is 0 Å². The molecule has 0 bridgehead atoms. The van der Waals surface area contributed by atoms with Crippen LogP contribution in [0, 0.1) is 0 Å². The molecule has 10 nitrogen and oxygen atoms in total. The van der Waals surface area contributed by atoms with Gasteiger partial charge in [0, 0.05) is 12.8 Å². The number of phosphoric ester groups is 1. The van der Waals surface area contributed by atoms with Crippen LogP contribution in [0.1, 0.15) is 194 Å². The molecule has 0 aromatic heterocycles. The molecule has 0 radical (unpaired) electrons. The molecule has 0 aliphatic rings. The van der Waals surface area contributed by atoms with E-state index in [4.69, 9.17) is 18.5 Å². The summed E-state index contributed by atoms with van der Waals surface area (Å²) in [4.78, 5) is 34.6. The van der Waals surface area contributed by atoms with Gasteiger partial charge >= 0.3 is 19.8 Å². The lowest BCUT2D eigenvalue weighted by atomic mass is 10.1. The number of esters is 2. The number of hydrogen-bond donors (Lipinski definition) is 3. The van der Waals surface area contributed by atoms with Crippen molar-refractivity contribution in [2.24, 2.45) is 0 Å². The average Bonchev–Trinajstić information content (AvgIpc) is 3.22. The zero-order valence-electron chi connectivity index (χ0n) is 37.2. The van der Waals surface area contributed by atoms with Crippen molar-refractivity contribution in [1.29, 1.82) is 0 Å². The molecule has 0 saturated heterocycles. The molecule has 0 aromatic carbocycles. The van der Waals surface area contributed by atoms with Crippen molar-refractivity contribution in [2.45, 2.75) is 206 Å². The van der Waals surface area contributed by atoms with Gasteiger partial charge in [0.25, 0.3) is 0 Å². The van der Waals surface area contributed by atoms with E-state index < -0.39 is 58.4 Å². The fraction of sp³-hybridized carbons (Fsp3) is 0.750. The number of hydrogen-bond acceptors (Lipinski definition) is 9. The smallest absolute Gasteiger partial charge is 0.457 e. The topological polar surface area (TPSA) is 149 Å². The van der Waals surface area contributed by atoms with Crippen molar-refractivity contribution in [3.63, 3.8) is 0 Å². The lowest BCUT2D eigenvalue weighted by molar-refractivity contribution is -0.153. The lowest BCUT2D eigenvalue weighted by Gasteiger charge is -2.20. The van der Waals surface area contributed by atoms with Gasteiger partial charge in [-0.15, -0.1) is 0 Å². The maximum atomic E-state index is 12.4. The number of unbranched alkanes of at least 4 members (excludes halogenated alkanes) is 19. The third kappa shape index (κ3) is 42.2. The van der Waals surface area contributed by atoms with Gasteiger partial charge in [-0.3, -0.25) is 18.6 Å². The minimum atomic E-state index is -4.65. The van der Waals surface area contributed by atoms with E-state index in [9.17, 15) is 29.3 Å². The Morgan fingerprint density at radius 2 is 0.797 bits per heavy atom. The minimum absolute atomic E-state index is 0.170. The van der Waals surface area contributed by atoms with Gasteiger partial charge in [-0.1, -0.05) is 164 Å². The van der Waals surface area contributed by atoms with Crippen LogP contribution in [-0.4, -0.2) is 65.7 Å². The molecular formula is C48H85O10P. The molecule has 0 saturated carbocycles. The second-order valence-corrected chi connectivity index (χ2v) is 16.8. The fourth-order valence-electron chi connectivity index (χ4n) is 6.16. The SMILES string of the molecule is CC/C=C\C/C=C\C/C=C\CCCCCCCC(=O)OC(CO)COP(=O)(O)OCC(CO)OC(=O)CCCCCCCCCCC/C=C\C/C=C\CCCCCCC. The van der Waals surface area contributed by atoms with Gasteiger partial charge in [0.2, 0.25) is 0 Å². The van der Waals surface area contributed by atoms with Crippen molar-refractivity contribution >= 4 is 19.8 Å². The Bertz CT molecular complexity index is 1160. The quantitative estimate of drug-likeness (QED) is 0.0234. The van der Waals surface area contributed by atoms with Crippen molar-refractivity contribution in [1.82, 2.24) is 0 Å².